The molecule has 206 valence electrons. The lowest BCUT2D eigenvalue weighted by Gasteiger charge is -2.40. The van der Waals surface area contributed by atoms with Gasteiger partial charge in [0.05, 0.1) is 0 Å². The fraction of sp³-hybridized carbons (Fsp3) is 0.467. The van der Waals surface area contributed by atoms with Crippen molar-refractivity contribution in [1.82, 2.24) is 14.7 Å². The van der Waals surface area contributed by atoms with Crippen molar-refractivity contribution in [3.05, 3.63) is 71.3 Å². The van der Waals surface area contributed by atoms with Crippen LogP contribution in [0.2, 0.25) is 0 Å². The predicted molar refractivity (Wildman–Crippen MR) is 144 cm³/mol. The van der Waals surface area contributed by atoms with E-state index in [4.69, 9.17) is 5.73 Å². The van der Waals surface area contributed by atoms with Gasteiger partial charge in [0.1, 0.15) is 18.1 Å². The lowest BCUT2D eigenvalue weighted by atomic mass is 9.92. The van der Waals surface area contributed by atoms with Gasteiger partial charge in [0.2, 0.25) is 17.7 Å². The van der Waals surface area contributed by atoms with Crippen LogP contribution in [-0.4, -0.2) is 80.8 Å². The predicted octanol–water partition coefficient (Wildman–Crippen LogP) is 1.97. The third-order valence-electron chi connectivity index (χ3n) is 8.27. The van der Waals surface area contributed by atoms with Gasteiger partial charge < -0.3 is 25.5 Å². The van der Waals surface area contributed by atoms with Crippen molar-refractivity contribution in [1.29, 1.82) is 0 Å². The van der Waals surface area contributed by atoms with Crippen molar-refractivity contribution < 1.29 is 24.3 Å². The molecule has 9 nitrogen and oxygen atoms in total. The SMILES string of the molecule is NC(CC(=O)N1Cc2ccccc2CC1C(=O)N1CCCC1C(=O)N1CCCC1C(=O)O)Cc1ccccc1. The summed E-state index contributed by atoms with van der Waals surface area (Å²) < 4.78 is 0. The maximum absolute atomic E-state index is 14.1. The Morgan fingerprint density at radius 3 is 2.08 bits per heavy atom. The Balaban J connectivity index is 1.35. The van der Waals surface area contributed by atoms with Crippen molar-refractivity contribution in [2.24, 2.45) is 5.73 Å². The van der Waals surface area contributed by atoms with E-state index in [1.807, 2.05) is 54.6 Å². The summed E-state index contributed by atoms with van der Waals surface area (Å²) in [7, 11) is 0. The summed E-state index contributed by atoms with van der Waals surface area (Å²) in [6.07, 6.45) is 3.24. The van der Waals surface area contributed by atoms with Crippen LogP contribution < -0.4 is 5.73 Å². The van der Waals surface area contributed by atoms with Crippen molar-refractivity contribution in [2.75, 3.05) is 13.1 Å². The van der Waals surface area contributed by atoms with Crippen molar-refractivity contribution in [3.63, 3.8) is 0 Å². The number of nitrogens with zero attached hydrogens (tertiary/aromatic N) is 3. The van der Waals surface area contributed by atoms with Gasteiger partial charge in [-0.05, 0) is 48.8 Å². The topological polar surface area (TPSA) is 124 Å². The van der Waals surface area contributed by atoms with Crippen LogP contribution in [0, 0.1) is 0 Å². The molecule has 0 saturated carbocycles. The number of rotatable bonds is 7. The summed E-state index contributed by atoms with van der Waals surface area (Å²) in [6, 6.07) is 14.9. The first kappa shape index (κ1) is 26.9. The van der Waals surface area contributed by atoms with Crippen LogP contribution in [0.3, 0.4) is 0 Å². The molecule has 2 aromatic carbocycles. The monoisotopic (exact) mass is 532 g/mol. The highest BCUT2D eigenvalue weighted by Gasteiger charge is 2.45. The number of nitrogens with two attached hydrogens (primary N) is 1. The van der Waals surface area contributed by atoms with Crippen LogP contribution in [0.15, 0.2) is 54.6 Å². The highest BCUT2D eigenvalue weighted by Crippen LogP contribution is 2.30. The molecular weight excluding hydrogens is 496 g/mol. The average molecular weight is 533 g/mol. The van der Waals surface area contributed by atoms with Gasteiger partial charge in [0.25, 0.3) is 0 Å². The number of benzene rings is 2. The smallest absolute Gasteiger partial charge is 0.326 e. The van der Waals surface area contributed by atoms with E-state index in [1.54, 1.807) is 9.80 Å². The molecule has 0 aromatic heterocycles. The number of amides is 3. The Morgan fingerprint density at radius 1 is 0.795 bits per heavy atom. The molecule has 3 heterocycles. The molecule has 0 spiro atoms. The second-order valence-corrected chi connectivity index (χ2v) is 10.9. The fourth-order valence-corrected chi connectivity index (χ4v) is 6.29. The molecule has 3 N–H and O–H groups in total. The van der Waals surface area contributed by atoms with Gasteiger partial charge in [0.15, 0.2) is 0 Å². The maximum atomic E-state index is 14.1. The molecule has 4 unspecified atom stereocenters. The van der Waals surface area contributed by atoms with E-state index in [2.05, 4.69) is 0 Å². The number of fused-ring (bicyclic) bond motifs is 1. The normalized spacial score (nSPS) is 23.4. The molecule has 2 saturated heterocycles. The first-order valence-corrected chi connectivity index (χ1v) is 13.8. The summed E-state index contributed by atoms with van der Waals surface area (Å²) in [4.78, 5) is 57.5. The van der Waals surface area contributed by atoms with Gasteiger partial charge in [-0.25, -0.2) is 4.79 Å². The third-order valence-corrected chi connectivity index (χ3v) is 8.27. The van der Waals surface area contributed by atoms with E-state index in [1.165, 1.54) is 4.90 Å². The number of aliphatic carboxylic acids is 1. The highest BCUT2D eigenvalue weighted by molar-refractivity contribution is 5.94. The van der Waals surface area contributed by atoms with Gasteiger partial charge in [-0.1, -0.05) is 54.6 Å². The molecule has 5 rings (SSSR count). The Hall–Kier alpha value is -3.72. The van der Waals surface area contributed by atoms with Crippen molar-refractivity contribution >= 4 is 23.7 Å². The van der Waals surface area contributed by atoms with Gasteiger partial charge in [-0.3, -0.25) is 14.4 Å². The van der Waals surface area contributed by atoms with Crippen LogP contribution in [0.4, 0.5) is 0 Å². The van der Waals surface area contributed by atoms with Gasteiger partial charge in [0, 0.05) is 38.5 Å². The zero-order valence-corrected chi connectivity index (χ0v) is 22.1. The second kappa shape index (κ2) is 11.6. The number of carboxylic acid groups (broad SMARTS) is 1. The third kappa shape index (κ3) is 5.68. The van der Waals surface area contributed by atoms with E-state index in [0.717, 1.165) is 16.7 Å². The summed E-state index contributed by atoms with van der Waals surface area (Å²) in [5.41, 5.74) is 9.45. The number of carboxylic acids is 1. The standard InChI is InChI=1S/C30H36N4O5/c31-23(16-20-8-2-1-3-9-20)18-27(35)34-19-22-11-5-4-10-21(22)17-26(34)29(37)32-14-6-12-24(32)28(36)33-15-7-13-25(33)30(38)39/h1-5,8-11,23-26H,6-7,12-19,31H2,(H,38,39). The summed E-state index contributed by atoms with van der Waals surface area (Å²) in [6.45, 7) is 1.10. The Kier molecular flexibility index (Phi) is 7.97. The molecule has 3 amide bonds. The number of carbonyl (C=O) groups is 4. The number of carbonyl (C=O) groups excluding carboxylic acids is 3. The fourth-order valence-electron chi connectivity index (χ4n) is 6.29. The molecule has 3 aliphatic rings. The van der Waals surface area contributed by atoms with E-state index in [9.17, 15) is 24.3 Å². The molecule has 0 aliphatic carbocycles. The van der Waals surface area contributed by atoms with Gasteiger partial charge in [-0.2, -0.15) is 0 Å². The lowest BCUT2D eigenvalue weighted by Crippen LogP contribution is -2.58. The molecule has 2 fully saturated rings. The number of likely N-dealkylation sites (tertiary alicyclic amines) is 2. The zero-order chi connectivity index (χ0) is 27.5. The minimum atomic E-state index is -1.01. The van der Waals surface area contributed by atoms with Crippen LogP contribution in [0.25, 0.3) is 0 Å². The van der Waals surface area contributed by atoms with Crippen molar-refractivity contribution in [3.8, 4) is 0 Å². The summed E-state index contributed by atoms with van der Waals surface area (Å²) in [5, 5.41) is 9.58. The first-order valence-electron chi connectivity index (χ1n) is 13.8. The largest absolute Gasteiger partial charge is 0.480 e. The Labute approximate surface area is 228 Å². The van der Waals surface area contributed by atoms with E-state index < -0.39 is 30.1 Å². The molecule has 9 heteroatoms. The second-order valence-electron chi connectivity index (χ2n) is 10.9. The molecule has 0 bridgehead atoms. The van der Waals surface area contributed by atoms with Gasteiger partial charge in [-0.15, -0.1) is 0 Å². The maximum Gasteiger partial charge on any atom is 0.326 e. The van der Waals surface area contributed by atoms with Crippen LogP contribution in [-0.2, 0) is 38.6 Å². The number of hydrogen-bond donors (Lipinski definition) is 2. The van der Waals surface area contributed by atoms with Crippen molar-refractivity contribution in [2.45, 2.75) is 75.7 Å². The molecule has 3 aliphatic heterocycles. The highest BCUT2D eigenvalue weighted by atomic mass is 16.4. The molecule has 0 radical (unpaired) electrons. The van der Waals surface area contributed by atoms with E-state index in [-0.39, 0.29) is 24.1 Å². The van der Waals surface area contributed by atoms with Crippen LogP contribution in [0.1, 0.15) is 48.8 Å². The average Bonchev–Trinajstić information content (AvgIpc) is 3.62. The Morgan fingerprint density at radius 2 is 1.38 bits per heavy atom. The van der Waals surface area contributed by atoms with E-state index >= 15 is 0 Å². The first-order chi connectivity index (χ1) is 18.8. The quantitative estimate of drug-likeness (QED) is 0.562. The van der Waals surface area contributed by atoms with Crippen LogP contribution in [0.5, 0.6) is 0 Å². The van der Waals surface area contributed by atoms with E-state index in [0.29, 0.717) is 58.2 Å². The molecule has 39 heavy (non-hydrogen) atoms. The molecule has 4 atom stereocenters. The van der Waals surface area contributed by atoms with Crippen LogP contribution >= 0.6 is 0 Å². The minimum Gasteiger partial charge on any atom is -0.480 e. The molecular formula is C30H36N4O5. The Bertz CT molecular complexity index is 1230. The summed E-state index contributed by atoms with van der Waals surface area (Å²) >= 11 is 0. The lowest BCUT2D eigenvalue weighted by molar-refractivity contribution is -0.154. The summed E-state index contributed by atoms with van der Waals surface area (Å²) in [5.74, 6) is -1.75. The minimum absolute atomic E-state index is 0.108. The van der Waals surface area contributed by atoms with Gasteiger partial charge >= 0.3 is 5.97 Å². The zero-order valence-electron chi connectivity index (χ0n) is 22.1. The molecule has 2 aromatic rings. The number of hydrogen-bond acceptors (Lipinski definition) is 5.